The van der Waals surface area contributed by atoms with Gasteiger partial charge in [-0.1, -0.05) is 30.3 Å². The molecule has 1 rings (SSSR count). The molecule has 0 atom stereocenters. The molecular formula is C9H9NO2. The van der Waals surface area contributed by atoms with Crippen molar-refractivity contribution < 1.29 is 4.92 Å². The fourth-order valence-electron chi connectivity index (χ4n) is 0.934. The minimum atomic E-state index is -0.442. The van der Waals surface area contributed by atoms with E-state index in [1.165, 1.54) is 0 Å². The van der Waals surface area contributed by atoms with E-state index in [0.717, 1.165) is 11.8 Å². The average molecular weight is 163 g/mol. The molecule has 0 fully saturated rings. The van der Waals surface area contributed by atoms with Crippen LogP contribution in [0.1, 0.15) is 12.5 Å². The summed E-state index contributed by atoms with van der Waals surface area (Å²) >= 11 is 0. The molecule has 1 aromatic carbocycles. The van der Waals surface area contributed by atoms with E-state index < -0.39 is 4.92 Å². The van der Waals surface area contributed by atoms with Crippen LogP contribution >= 0.6 is 0 Å². The predicted molar refractivity (Wildman–Crippen MR) is 47.1 cm³/mol. The number of nitrogens with zero attached hydrogens (tertiary/aromatic N) is 1. The van der Waals surface area contributed by atoms with Gasteiger partial charge in [0.05, 0.1) is 4.92 Å². The summed E-state index contributed by atoms with van der Waals surface area (Å²) in [5.74, 6) is 0. The number of hydrogen-bond acceptors (Lipinski definition) is 2. The largest absolute Gasteiger partial charge is 0.259 e. The quantitative estimate of drug-likeness (QED) is 0.496. The van der Waals surface area contributed by atoms with E-state index in [2.05, 4.69) is 0 Å². The summed E-state index contributed by atoms with van der Waals surface area (Å²) < 4.78 is 0. The van der Waals surface area contributed by atoms with E-state index in [1.54, 1.807) is 6.92 Å². The lowest BCUT2D eigenvalue weighted by Gasteiger charge is -1.95. The van der Waals surface area contributed by atoms with Gasteiger partial charge >= 0.3 is 0 Å². The number of rotatable bonds is 2. The van der Waals surface area contributed by atoms with Crippen LogP contribution in [0.3, 0.4) is 0 Å². The maximum absolute atomic E-state index is 10.1. The fraction of sp³-hybridized carbons (Fsp3) is 0.111. The smallest absolute Gasteiger partial charge is 0.237 e. The molecule has 62 valence electrons. The molecule has 0 saturated heterocycles. The fourth-order valence-corrected chi connectivity index (χ4v) is 0.934. The Morgan fingerprint density at radius 3 is 2.50 bits per heavy atom. The van der Waals surface area contributed by atoms with Crippen molar-refractivity contribution in [2.45, 2.75) is 6.92 Å². The van der Waals surface area contributed by atoms with Crippen molar-refractivity contribution in [3.05, 3.63) is 52.2 Å². The third kappa shape index (κ3) is 2.20. The van der Waals surface area contributed by atoms with E-state index >= 15 is 0 Å². The highest BCUT2D eigenvalue weighted by Crippen LogP contribution is 2.11. The van der Waals surface area contributed by atoms with E-state index in [-0.39, 0.29) is 0 Å². The molecule has 1 aromatic rings. The molecule has 12 heavy (non-hydrogen) atoms. The van der Waals surface area contributed by atoms with Crippen LogP contribution in [0.4, 0.5) is 0 Å². The lowest BCUT2D eigenvalue weighted by Crippen LogP contribution is -1.87. The van der Waals surface area contributed by atoms with Crippen LogP contribution in [-0.2, 0) is 0 Å². The molecule has 0 saturated carbocycles. The van der Waals surface area contributed by atoms with E-state index in [9.17, 15) is 10.1 Å². The molecule has 0 bridgehead atoms. The SMILES string of the molecule is CC(=C[N+](=O)[O-])c1ccccc1. The van der Waals surface area contributed by atoms with Gasteiger partial charge in [0.25, 0.3) is 0 Å². The lowest BCUT2D eigenvalue weighted by atomic mass is 10.1. The number of allylic oxidation sites excluding steroid dienone is 1. The van der Waals surface area contributed by atoms with Gasteiger partial charge in [0.15, 0.2) is 0 Å². The maximum atomic E-state index is 10.1. The van der Waals surface area contributed by atoms with Gasteiger partial charge in [0, 0.05) is 5.57 Å². The molecular weight excluding hydrogens is 154 g/mol. The predicted octanol–water partition coefficient (Wildman–Crippen LogP) is 2.32. The zero-order valence-electron chi connectivity index (χ0n) is 6.73. The van der Waals surface area contributed by atoms with Crippen LogP contribution in [-0.4, -0.2) is 4.92 Å². The zero-order chi connectivity index (χ0) is 8.97. The molecule has 0 N–H and O–H groups in total. The van der Waals surface area contributed by atoms with Gasteiger partial charge in [-0.05, 0) is 12.5 Å². The Kier molecular flexibility index (Phi) is 2.58. The molecule has 3 nitrogen and oxygen atoms in total. The zero-order valence-corrected chi connectivity index (χ0v) is 6.73. The summed E-state index contributed by atoms with van der Waals surface area (Å²) in [7, 11) is 0. The number of benzene rings is 1. The van der Waals surface area contributed by atoms with Crippen LogP contribution in [0.5, 0.6) is 0 Å². The molecule has 0 radical (unpaired) electrons. The highest BCUT2D eigenvalue weighted by atomic mass is 16.6. The summed E-state index contributed by atoms with van der Waals surface area (Å²) in [4.78, 5) is 9.67. The highest BCUT2D eigenvalue weighted by molar-refractivity contribution is 5.62. The van der Waals surface area contributed by atoms with Gasteiger partial charge < -0.3 is 0 Å². The van der Waals surface area contributed by atoms with E-state index in [0.29, 0.717) is 5.57 Å². The van der Waals surface area contributed by atoms with Gasteiger partial charge in [0.1, 0.15) is 0 Å². The molecule has 0 aliphatic rings. The van der Waals surface area contributed by atoms with Crippen molar-refractivity contribution in [1.29, 1.82) is 0 Å². The molecule has 0 aliphatic heterocycles. The first kappa shape index (κ1) is 8.46. The minimum absolute atomic E-state index is 0.442. The second-order valence-electron chi connectivity index (χ2n) is 2.46. The maximum Gasteiger partial charge on any atom is 0.237 e. The molecule has 0 aliphatic carbocycles. The van der Waals surface area contributed by atoms with Crippen molar-refractivity contribution in [2.75, 3.05) is 0 Å². The Hall–Kier alpha value is -1.64. The summed E-state index contributed by atoms with van der Waals surface area (Å²) in [6.45, 7) is 1.72. The van der Waals surface area contributed by atoms with Crippen molar-refractivity contribution in [3.8, 4) is 0 Å². The van der Waals surface area contributed by atoms with Crippen LogP contribution in [0, 0.1) is 10.1 Å². The van der Waals surface area contributed by atoms with Crippen molar-refractivity contribution in [3.63, 3.8) is 0 Å². The van der Waals surface area contributed by atoms with Crippen LogP contribution in [0.2, 0.25) is 0 Å². The molecule has 0 aromatic heterocycles. The molecule has 0 unspecified atom stereocenters. The summed E-state index contributed by atoms with van der Waals surface area (Å²) in [5.41, 5.74) is 1.55. The van der Waals surface area contributed by atoms with Gasteiger partial charge in [-0.2, -0.15) is 0 Å². The van der Waals surface area contributed by atoms with Crippen molar-refractivity contribution in [1.82, 2.24) is 0 Å². The van der Waals surface area contributed by atoms with E-state index in [4.69, 9.17) is 0 Å². The van der Waals surface area contributed by atoms with E-state index in [1.807, 2.05) is 30.3 Å². The first-order valence-corrected chi connectivity index (χ1v) is 3.57. The van der Waals surface area contributed by atoms with Gasteiger partial charge in [0.2, 0.25) is 6.20 Å². The molecule has 0 amide bonds. The highest BCUT2D eigenvalue weighted by Gasteiger charge is 1.97. The van der Waals surface area contributed by atoms with Crippen molar-refractivity contribution in [2.24, 2.45) is 0 Å². The normalized spacial score (nSPS) is 11.2. The third-order valence-corrected chi connectivity index (χ3v) is 1.53. The average Bonchev–Trinajstić information content (AvgIpc) is 2.05. The Morgan fingerprint density at radius 1 is 1.42 bits per heavy atom. The topological polar surface area (TPSA) is 43.1 Å². The first-order chi connectivity index (χ1) is 5.70. The summed E-state index contributed by atoms with van der Waals surface area (Å²) in [6, 6.07) is 9.27. The van der Waals surface area contributed by atoms with Gasteiger partial charge in [-0.25, -0.2) is 0 Å². The molecule has 3 heteroatoms. The Bertz CT molecular complexity index is 304. The summed E-state index contributed by atoms with van der Waals surface area (Å²) in [5, 5.41) is 10.1. The Morgan fingerprint density at radius 2 is 2.00 bits per heavy atom. The number of nitro groups is 1. The van der Waals surface area contributed by atoms with Gasteiger partial charge in [-0.15, -0.1) is 0 Å². The lowest BCUT2D eigenvalue weighted by molar-refractivity contribution is -0.401. The van der Waals surface area contributed by atoms with Crippen molar-refractivity contribution >= 4 is 5.57 Å². The number of hydrogen-bond donors (Lipinski definition) is 0. The van der Waals surface area contributed by atoms with Crippen LogP contribution in [0.25, 0.3) is 5.57 Å². The first-order valence-electron chi connectivity index (χ1n) is 3.57. The molecule has 0 spiro atoms. The van der Waals surface area contributed by atoms with Crippen LogP contribution < -0.4 is 0 Å². The summed E-state index contributed by atoms with van der Waals surface area (Å²) in [6.07, 6.45) is 1.01. The van der Waals surface area contributed by atoms with Gasteiger partial charge in [-0.3, -0.25) is 10.1 Å². The van der Waals surface area contributed by atoms with Crippen LogP contribution in [0.15, 0.2) is 36.5 Å². The standard InChI is InChI=1S/C9H9NO2/c1-8(7-10(11)12)9-5-3-2-4-6-9/h2-7H,1H3. The third-order valence-electron chi connectivity index (χ3n) is 1.53. The molecule has 0 heterocycles. The Labute approximate surface area is 70.5 Å². The Balaban J connectivity index is 2.93. The second-order valence-corrected chi connectivity index (χ2v) is 2.46. The monoisotopic (exact) mass is 163 g/mol. The minimum Gasteiger partial charge on any atom is -0.259 e. The second kappa shape index (κ2) is 3.67.